The molecule has 0 fully saturated rings. The summed E-state index contributed by atoms with van der Waals surface area (Å²) in [4.78, 5) is 13.6. The zero-order valence-corrected chi connectivity index (χ0v) is 15.1. The number of carbonyl (C=O) groups excluding carboxylic acids is 1. The van der Waals surface area contributed by atoms with E-state index in [0.29, 0.717) is 30.0 Å². The van der Waals surface area contributed by atoms with Gasteiger partial charge in [-0.15, -0.1) is 0 Å². The van der Waals surface area contributed by atoms with Gasteiger partial charge < -0.3 is 10.4 Å². The van der Waals surface area contributed by atoms with Gasteiger partial charge in [-0.05, 0) is 66.9 Å². The average Bonchev–Trinajstić information content (AvgIpc) is 2.61. The fraction of sp³-hybridized carbons (Fsp3) is 0.211. The summed E-state index contributed by atoms with van der Waals surface area (Å²) in [6.07, 6.45) is 4.35. The third-order valence-corrected chi connectivity index (χ3v) is 4.66. The number of benzene rings is 2. The Balaban J connectivity index is 2.06. The van der Waals surface area contributed by atoms with Crippen LogP contribution in [0, 0.1) is 5.82 Å². The van der Waals surface area contributed by atoms with E-state index in [4.69, 9.17) is 16.7 Å². The highest BCUT2D eigenvalue weighted by molar-refractivity contribution is 7.99. The molecule has 132 valence electrons. The molecule has 0 aromatic heterocycles. The smallest absolute Gasteiger partial charge is 0.243 e. The Labute approximate surface area is 155 Å². The molecular formula is C19H19ClFNO2S. The molecular weight excluding hydrogens is 361 g/mol. The molecule has 25 heavy (non-hydrogen) atoms. The van der Waals surface area contributed by atoms with Crippen molar-refractivity contribution in [2.75, 3.05) is 13.2 Å². The van der Waals surface area contributed by atoms with E-state index in [0.717, 1.165) is 9.79 Å². The van der Waals surface area contributed by atoms with Crippen molar-refractivity contribution in [1.29, 1.82) is 0 Å². The summed E-state index contributed by atoms with van der Waals surface area (Å²) in [5.41, 5.74) is 0.630. The first-order valence-corrected chi connectivity index (χ1v) is 9.07. The van der Waals surface area contributed by atoms with Crippen molar-refractivity contribution in [1.82, 2.24) is 5.32 Å². The Morgan fingerprint density at radius 2 is 1.96 bits per heavy atom. The zero-order chi connectivity index (χ0) is 18.1. The van der Waals surface area contributed by atoms with E-state index >= 15 is 0 Å². The Morgan fingerprint density at radius 1 is 1.20 bits per heavy atom. The molecule has 6 heteroatoms. The minimum atomic E-state index is -0.358. The maximum atomic E-state index is 13.6. The van der Waals surface area contributed by atoms with Gasteiger partial charge in [0.25, 0.3) is 0 Å². The number of amides is 1. The van der Waals surface area contributed by atoms with Gasteiger partial charge in [0.1, 0.15) is 5.82 Å². The largest absolute Gasteiger partial charge is 0.396 e. The lowest BCUT2D eigenvalue weighted by atomic mass is 10.2. The third-order valence-electron chi connectivity index (χ3n) is 3.31. The molecule has 0 aliphatic heterocycles. The minimum Gasteiger partial charge on any atom is -0.396 e. The molecule has 2 N–H and O–H groups in total. The van der Waals surface area contributed by atoms with Gasteiger partial charge in [0, 0.05) is 34.0 Å². The second kappa shape index (κ2) is 10.2. The maximum absolute atomic E-state index is 13.6. The van der Waals surface area contributed by atoms with Gasteiger partial charge in [0.05, 0.1) is 0 Å². The number of unbranched alkanes of at least 4 members (excludes halogenated alkanes) is 1. The van der Waals surface area contributed by atoms with E-state index in [2.05, 4.69) is 5.32 Å². The first-order chi connectivity index (χ1) is 12.1. The van der Waals surface area contributed by atoms with E-state index in [-0.39, 0.29) is 18.3 Å². The van der Waals surface area contributed by atoms with Crippen LogP contribution in [0.15, 0.2) is 58.3 Å². The van der Waals surface area contributed by atoms with Crippen LogP contribution in [-0.4, -0.2) is 24.2 Å². The fourth-order valence-corrected chi connectivity index (χ4v) is 3.08. The topological polar surface area (TPSA) is 49.3 Å². The molecule has 0 heterocycles. The van der Waals surface area contributed by atoms with Gasteiger partial charge in [-0.2, -0.15) is 0 Å². The van der Waals surface area contributed by atoms with Gasteiger partial charge in [-0.3, -0.25) is 4.79 Å². The summed E-state index contributed by atoms with van der Waals surface area (Å²) < 4.78 is 13.6. The SMILES string of the molecule is O=C(/C=C/c1cc(F)ccc1Sc1ccc(Cl)cc1)NCCCCO. The molecule has 2 rings (SSSR count). The van der Waals surface area contributed by atoms with Crippen LogP contribution in [0.5, 0.6) is 0 Å². The van der Waals surface area contributed by atoms with Crippen molar-refractivity contribution in [2.24, 2.45) is 0 Å². The number of hydrogen-bond acceptors (Lipinski definition) is 3. The zero-order valence-electron chi connectivity index (χ0n) is 13.5. The monoisotopic (exact) mass is 379 g/mol. The summed E-state index contributed by atoms with van der Waals surface area (Å²) in [7, 11) is 0. The van der Waals surface area contributed by atoms with Crippen molar-refractivity contribution in [3.8, 4) is 0 Å². The van der Waals surface area contributed by atoms with E-state index in [9.17, 15) is 9.18 Å². The lowest BCUT2D eigenvalue weighted by molar-refractivity contribution is -0.116. The summed E-state index contributed by atoms with van der Waals surface area (Å²) in [5.74, 6) is -0.604. The molecule has 1 amide bonds. The molecule has 0 aliphatic carbocycles. The first kappa shape index (κ1) is 19.5. The number of carbonyl (C=O) groups is 1. The van der Waals surface area contributed by atoms with Gasteiger partial charge in [0.2, 0.25) is 5.91 Å². The van der Waals surface area contributed by atoms with Crippen LogP contribution < -0.4 is 5.32 Å². The number of halogens is 2. The number of aliphatic hydroxyl groups excluding tert-OH is 1. The normalized spacial score (nSPS) is 11.0. The van der Waals surface area contributed by atoms with Crippen molar-refractivity contribution in [3.05, 3.63) is 64.9 Å². The van der Waals surface area contributed by atoms with Gasteiger partial charge in [0.15, 0.2) is 0 Å². The predicted octanol–water partition coefficient (Wildman–Crippen LogP) is 4.53. The van der Waals surface area contributed by atoms with E-state index in [1.807, 2.05) is 12.1 Å². The third kappa shape index (κ3) is 6.90. The standard InChI is InChI=1S/C19H19ClFNO2S/c20-15-4-7-17(8-5-15)25-18-9-6-16(21)13-14(18)3-10-19(24)22-11-1-2-12-23/h3-10,13,23H,1-2,11-12H2,(H,22,24)/b10-3+. The molecule has 2 aromatic carbocycles. The van der Waals surface area contributed by atoms with Crippen LogP contribution in [0.3, 0.4) is 0 Å². The second-order valence-corrected chi connectivity index (χ2v) is 6.84. The van der Waals surface area contributed by atoms with Crippen LogP contribution in [-0.2, 0) is 4.79 Å². The minimum absolute atomic E-state index is 0.111. The molecule has 0 saturated carbocycles. The van der Waals surface area contributed by atoms with Crippen LogP contribution >= 0.6 is 23.4 Å². The maximum Gasteiger partial charge on any atom is 0.243 e. The molecule has 2 aromatic rings. The second-order valence-electron chi connectivity index (χ2n) is 5.29. The van der Waals surface area contributed by atoms with Crippen molar-refractivity contribution in [2.45, 2.75) is 22.6 Å². The molecule has 0 saturated heterocycles. The Morgan fingerprint density at radius 3 is 2.68 bits per heavy atom. The summed E-state index contributed by atoms with van der Waals surface area (Å²) in [6.45, 7) is 0.611. The molecule has 0 aliphatic rings. The summed E-state index contributed by atoms with van der Waals surface area (Å²) >= 11 is 7.36. The number of nitrogens with one attached hydrogen (secondary N) is 1. The summed E-state index contributed by atoms with van der Waals surface area (Å²) in [6, 6.07) is 11.8. The summed E-state index contributed by atoms with van der Waals surface area (Å²) in [5, 5.41) is 12.1. The number of aliphatic hydroxyl groups is 1. The lowest BCUT2D eigenvalue weighted by Gasteiger charge is -2.07. The quantitative estimate of drug-likeness (QED) is 0.523. The molecule has 3 nitrogen and oxygen atoms in total. The first-order valence-electron chi connectivity index (χ1n) is 7.88. The predicted molar refractivity (Wildman–Crippen MR) is 100 cm³/mol. The Kier molecular flexibility index (Phi) is 7.98. The lowest BCUT2D eigenvalue weighted by Crippen LogP contribution is -2.22. The van der Waals surface area contributed by atoms with Gasteiger partial charge >= 0.3 is 0 Å². The van der Waals surface area contributed by atoms with Crippen LogP contribution in [0.1, 0.15) is 18.4 Å². The fourth-order valence-electron chi connectivity index (χ4n) is 2.04. The van der Waals surface area contributed by atoms with E-state index in [1.165, 1.54) is 30.0 Å². The van der Waals surface area contributed by atoms with E-state index in [1.54, 1.807) is 24.3 Å². The molecule has 0 bridgehead atoms. The molecule has 0 radical (unpaired) electrons. The highest BCUT2D eigenvalue weighted by Crippen LogP contribution is 2.32. The van der Waals surface area contributed by atoms with Crippen molar-refractivity contribution < 1.29 is 14.3 Å². The van der Waals surface area contributed by atoms with Gasteiger partial charge in [-0.1, -0.05) is 23.4 Å². The van der Waals surface area contributed by atoms with Gasteiger partial charge in [-0.25, -0.2) is 4.39 Å². The highest BCUT2D eigenvalue weighted by atomic mass is 35.5. The molecule has 0 atom stereocenters. The Hall–Kier alpha value is -1.82. The van der Waals surface area contributed by atoms with E-state index < -0.39 is 0 Å². The van der Waals surface area contributed by atoms with Crippen LogP contribution in [0.4, 0.5) is 4.39 Å². The van der Waals surface area contributed by atoms with Crippen molar-refractivity contribution >= 4 is 35.3 Å². The molecule has 0 spiro atoms. The van der Waals surface area contributed by atoms with Crippen LogP contribution in [0.2, 0.25) is 5.02 Å². The van der Waals surface area contributed by atoms with Crippen molar-refractivity contribution in [3.63, 3.8) is 0 Å². The highest BCUT2D eigenvalue weighted by Gasteiger charge is 2.05. The average molecular weight is 380 g/mol. The number of rotatable bonds is 8. The number of hydrogen-bond donors (Lipinski definition) is 2. The van der Waals surface area contributed by atoms with Crippen LogP contribution in [0.25, 0.3) is 6.08 Å². The Bertz CT molecular complexity index is 735. The molecule has 0 unspecified atom stereocenters.